The summed E-state index contributed by atoms with van der Waals surface area (Å²) in [6, 6.07) is 10.4. The van der Waals surface area contributed by atoms with Gasteiger partial charge in [-0.1, -0.05) is 11.6 Å². The van der Waals surface area contributed by atoms with Crippen LogP contribution in [0.25, 0.3) is 0 Å². The van der Waals surface area contributed by atoms with Crippen LogP contribution in [0.5, 0.6) is 0 Å². The van der Waals surface area contributed by atoms with E-state index in [1.807, 2.05) is 0 Å². The molecule has 0 aliphatic carbocycles. The Morgan fingerprint density at radius 3 is 2.53 bits per heavy atom. The zero-order valence-corrected chi connectivity index (χ0v) is 9.22. The highest BCUT2D eigenvalue weighted by Gasteiger charge is 2.10. The van der Waals surface area contributed by atoms with E-state index in [0.717, 1.165) is 16.7 Å². The Kier molecular flexibility index (Phi) is 3.14. The van der Waals surface area contributed by atoms with Crippen LogP contribution < -0.4 is 0 Å². The molecule has 0 saturated heterocycles. The van der Waals surface area contributed by atoms with E-state index in [4.69, 9.17) is 16.0 Å². The van der Waals surface area contributed by atoms with Gasteiger partial charge < -0.3 is 4.42 Å². The first-order valence-corrected chi connectivity index (χ1v) is 5.46. The van der Waals surface area contributed by atoms with E-state index in [1.54, 1.807) is 36.4 Å². The predicted molar refractivity (Wildman–Crippen MR) is 60.3 cm³/mol. The topological polar surface area (TPSA) is 30.2 Å². The molecule has 0 aliphatic rings. The summed E-state index contributed by atoms with van der Waals surface area (Å²) in [7, 11) is 0. The fraction of sp³-hybridized carbons (Fsp3) is 0. The normalized spacial score (nSPS) is 10.2. The molecule has 0 unspecified atom stereocenters. The maximum absolute atomic E-state index is 11.6. The smallest absolute Gasteiger partial charge is 0.259 e. The highest BCUT2D eigenvalue weighted by Crippen LogP contribution is 2.24. The van der Waals surface area contributed by atoms with Crippen LogP contribution in [0.1, 0.15) is 10.6 Å². The lowest BCUT2D eigenvalue weighted by molar-refractivity contribution is 0.106. The van der Waals surface area contributed by atoms with Crippen molar-refractivity contribution >= 4 is 28.5 Å². The fourth-order valence-corrected chi connectivity index (χ4v) is 1.88. The minimum absolute atomic E-state index is 0.109. The van der Waals surface area contributed by atoms with Gasteiger partial charge in [-0.05, 0) is 48.2 Å². The Labute approximate surface area is 96.2 Å². The number of rotatable bonds is 2. The minimum Gasteiger partial charge on any atom is -0.460 e. The van der Waals surface area contributed by atoms with Gasteiger partial charge in [0.2, 0.25) is 0 Å². The summed E-state index contributed by atoms with van der Waals surface area (Å²) in [6.45, 7) is 0. The summed E-state index contributed by atoms with van der Waals surface area (Å²) in [4.78, 5) is 12.4. The molecule has 0 radical (unpaired) electrons. The summed E-state index contributed by atoms with van der Waals surface area (Å²) in [5, 5.41) is 0.548. The zero-order valence-electron chi connectivity index (χ0n) is 7.64. The molecule has 1 aromatic carbocycles. The van der Waals surface area contributed by atoms with Gasteiger partial charge in [0, 0.05) is 9.92 Å². The summed E-state index contributed by atoms with van der Waals surface area (Å²) in [6.07, 6.45) is 1.48. The predicted octanol–water partition coefficient (Wildman–Crippen LogP) is 3.87. The molecule has 0 aliphatic heterocycles. The molecule has 4 heteroatoms. The second kappa shape index (κ2) is 4.55. The maximum Gasteiger partial charge on any atom is 0.259 e. The minimum atomic E-state index is -0.109. The molecule has 1 heterocycles. The molecular weight excluding hydrogens is 232 g/mol. The number of hydrogen-bond acceptors (Lipinski definition) is 3. The lowest BCUT2D eigenvalue weighted by atomic mass is 10.4. The average Bonchev–Trinajstić information content (AvgIpc) is 2.74. The second-order valence-corrected chi connectivity index (χ2v) is 4.30. The van der Waals surface area contributed by atoms with E-state index in [1.165, 1.54) is 6.26 Å². The monoisotopic (exact) mass is 238 g/mol. The molecule has 0 amide bonds. The summed E-state index contributed by atoms with van der Waals surface area (Å²) in [5.74, 6) is 0.356. The Hall–Kier alpha value is -1.19. The van der Waals surface area contributed by atoms with Crippen molar-refractivity contribution in [2.24, 2.45) is 0 Å². The largest absolute Gasteiger partial charge is 0.460 e. The number of thioether (sulfide) groups is 1. The van der Waals surface area contributed by atoms with E-state index in [0.29, 0.717) is 10.8 Å². The fourth-order valence-electron chi connectivity index (χ4n) is 1.05. The maximum atomic E-state index is 11.6. The molecule has 0 atom stereocenters. The molecule has 0 fully saturated rings. The van der Waals surface area contributed by atoms with E-state index >= 15 is 0 Å². The third-order valence-corrected chi connectivity index (χ3v) is 2.89. The SMILES string of the molecule is O=C(Sc1ccc(Cl)cc1)c1ccco1. The summed E-state index contributed by atoms with van der Waals surface area (Å²) < 4.78 is 4.99. The molecule has 2 rings (SSSR count). The van der Waals surface area contributed by atoms with Gasteiger partial charge in [-0.25, -0.2) is 0 Å². The number of halogens is 1. The Morgan fingerprint density at radius 1 is 1.20 bits per heavy atom. The molecular formula is C11H7ClO2S. The Balaban J connectivity index is 2.09. The van der Waals surface area contributed by atoms with Crippen molar-refractivity contribution in [1.29, 1.82) is 0 Å². The second-order valence-electron chi connectivity index (χ2n) is 2.82. The van der Waals surface area contributed by atoms with Crippen molar-refractivity contribution in [3.05, 3.63) is 53.4 Å². The third kappa shape index (κ3) is 2.64. The van der Waals surface area contributed by atoms with Crippen LogP contribution in [0.3, 0.4) is 0 Å². The van der Waals surface area contributed by atoms with Gasteiger partial charge in [-0.3, -0.25) is 4.79 Å². The van der Waals surface area contributed by atoms with Crippen LogP contribution in [0, 0.1) is 0 Å². The van der Waals surface area contributed by atoms with Gasteiger partial charge in [0.05, 0.1) is 6.26 Å². The first-order chi connectivity index (χ1) is 7.25. The molecule has 0 N–H and O–H groups in total. The standard InChI is InChI=1S/C11H7ClO2S/c12-8-3-5-9(6-4-8)15-11(13)10-2-1-7-14-10/h1-7H. The number of benzene rings is 1. The highest BCUT2D eigenvalue weighted by atomic mass is 35.5. The van der Waals surface area contributed by atoms with Crippen molar-refractivity contribution in [1.82, 2.24) is 0 Å². The van der Waals surface area contributed by atoms with E-state index in [-0.39, 0.29) is 5.12 Å². The van der Waals surface area contributed by atoms with Crippen LogP contribution in [0.2, 0.25) is 5.02 Å². The Morgan fingerprint density at radius 2 is 1.93 bits per heavy atom. The highest BCUT2D eigenvalue weighted by molar-refractivity contribution is 8.14. The van der Waals surface area contributed by atoms with E-state index in [2.05, 4.69) is 0 Å². The van der Waals surface area contributed by atoms with Crippen molar-refractivity contribution in [3.63, 3.8) is 0 Å². The van der Waals surface area contributed by atoms with Gasteiger partial charge in [0.1, 0.15) is 0 Å². The molecule has 2 aromatic rings. The van der Waals surface area contributed by atoms with Crippen LogP contribution in [0.15, 0.2) is 52.0 Å². The molecule has 76 valence electrons. The van der Waals surface area contributed by atoms with Crippen molar-refractivity contribution < 1.29 is 9.21 Å². The van der Waals surface area contributed by atoms with Crippen molar-refractivity contribution in [3.8, 4) is 0 Å². The summed E-state index contributed by atoms with van der Waals surface area (Å²) >= 11 is 6.85. The average molecular weight is 239 g/mol. The van der Waals surface area contributed by atoms with Crippen LogP contribution in [-0.4, -0.2) is 5.12 Å². The first-order valence-electron chi connectivity index (χ1n) is 4.27. The number of carbonyl (C=O) groups excluding carboxylic acids is 1. The quantitative estimate of drug-likeness (QED) is 0.744. The lowest BCUT2D eigenvalue weighted by Crippen LogP contribution is -1.89. The molecule has 0 saturated carbocycles. The number of hydrogen-bond donors (Lipinski definition) is 0. The molecule has 1 aromatic heterocycles. The number of carbonyl (C=O) groups is 1. The van der Waals surface area contributed by atoms with E-state index in [9.17, 15) is 4.79 Å². The zero-order chi connectivity index (χ0) is 10.7. The molecule has 15 heavy (non-hydrogen) atoms. The van der Waals surface area contributed by atoms with Crippen molar-refractivity contribution in [2.45, 2.75) is 4.90 Å². The lowest BCUT2D eigenvalue weighted by Gasteiger charge is -1.97. The molecule has 0 bridgehead atoms. The van der Waals surface area contributed by atoms with Gasteiger partial charge in [0.25, 0.3) is 5.12 Å². The van der Waals surface area contributed by atoms with Crippen LogP contribution in [0.4, 0.5) is 0 Å². The van der Waals surface area contributed by atoms with Crippen molar-refractivity contribution in [2.75, 3.05) is 0 Å². The molecule has 2 nitrogen and oxygen atoms in total. The van der Waals surface area contributed by atoms with Gasteiger partial charge in [0.15, 0.2) is 5.76 Å². The van der Waals surface area contributed by atoms with Gasteiger partial charge in [-0.15, -0.1) is 0 Å². The summed E-state index contributed by atoms with van der Waals surface area (Å²) in [5.41, 5.74) is 0. The third-order valence-electron chi connectivity index (χ3n) is 1.75. The Bertz CT molecular complexity index is 448. The van der Waals surface area contributed by atoms with Gasteiger partial charge >= 0.3 is 0 Å². The van der Waals surface area contributed by atoms with E-state index < -0.39 is 0 Å². The van der Waals surface area contributed by atoms with Crippen LogP contribution >= 0.6 is 23.4 Å². The first kappa shape index (κ1) is 10.3. The van der Waals surface area contributed by atoms with Gasteiger partial charge in [-0.2, -0.15) is 0 Å². The molecule has 0 spiro atoms. The van der Waals surface area contributed by atoms with Crippen LogP contribution in [-0.2, 0) is 0 Å². The number of furan rings is 1.